The summed E-state index contributed by atoms with van der Waals surface area (Å²) in [5, 5.41) is 11.1. The minimum Gasteiger partial charge on any atom is -0.366 e. The molecule has 1 saturated heterocycles. The molecule has 0 aliphatic carbocycles. The summed E-state index contributed by atoms with van der Waals surface area (Å²) in [6.45, 7) is 3.34. The van der Waals surface area contributed by atoms with Crippen molar-refractivity contribution in [1.29, 1.82) is 0 Å². The quantitative estimate of drug-likeness (QED) is 0.817. The molecule has 2 unspecified atom stereocenters. The zero-order chi connectivity index (χ0) is 11.7. The van der Waals surface area contributed by atoms with Crippen LogP contribution in [0.5, 0.6) is 0 Å². The van der Waals surface area contributed by atoms with E-state index in [0.717, 1.165) is 18.0 Å². The minimum atomic E-state index is 0.460. The summed E-state index contributed by atoms with van der Waals surface area (Å²) in [7, 11) is 0. The smallest absolute Gasteiger partial charge is 0.157 e. The van der Waals surface area contributed by atoms with Crippen LogP contribution >= 0.6 is 0 Å². The summed E-state index contributed by atoms with van der Waals surface area (Å²) in [4.78, 5) is 4.53. The van der Waals surface area contributed by atoms with Gasteiger partial charge in [0.2, 0.25) is 0 Å². The van der Waals surface area contributed by atoms with E-state index in [1.165, 1.54) is 12.8 Å². The lowest BCUT2D eigenvalue weighted by Crippen LogP contribution is -2.46. The summed E-state index contributed by atoms with van der Waals surface area (Å²) < 4.78 is 1.77. The predicted octanol–water partition coefficient (Wildman–Crippen LogP) is 1.28. The van der Waals surface area contributed by atoms with Crippen LogP contribution in [0.2, 0.25) is 0 Å². The topological polar surface area (TPSA) is 54.2 Å². The lowest BCUT2D eigenvalue weighted by Gasteiger charge is -2.31. The molecule has 0 amide bonds. The van der Waals surface area contributed by atoms with Gasteiger partial charge >= 0.3 is 0 Å². The number of fused-ring (bicyclic) bond motifs is 1. The van der Waals surface area contributed by atoms with Crippen LogP contribution in [0, 0.1) is 0 Å². The highest BCUT2D eigenvalue weighted by Gasteiger charge is 2.20. The Bertz CT molecular complexity index is 506. The van der Waals surface area contributed by atoms with Gasteiger partial charge in [-0.15, -0.1) is 0 Å². The van der Waals surface area contributed by atoms with Crippen molar-refractivity contribution in [2.45, 2.75) is 31.8 Å². The number of aromatic nitrogens is 3. The Morgan fingerprint density at radius 2 is 2.41 bits per heavy atom. The van der Waals surface area contributed by atoms with E-state index in [1.54, 1.807) is 10.7 Å². The molecule has 5 heteroatoms. The first kappa shape index (κ1) is 10.5. The summed E-state index contributed by atoms with van der Waals surface area (Å²) >= 11 is 0. The van der Waals surface area contributed by atoms with Gasteiger partial charge in [-0.3, -0.25) is 0 Å². The van der Waals surface area contributed by atoms with Crippen LogP contribution < -0.4 is 10.6 Å². The van der Waals surface area contributed by atoms with Crippen LogP contribution in [0.3, 0.4) is 0 Å². The van der Waals surface area contributed by atoms with Gasteiger partial charge in [0, 0.05) is 24.3 Å². The van der Waals surface area contributed by atoms with Gasteiger partial charge in [-0.05, 0) is 32.4 Å². The number of nitrogens with zero attached hydrogens (tertiary/aromatic N) is 3. The lowest BCUT2D eigenvalue weighted by atomic mass is 10.00. The Morgan fingerprint density at radius 1 is 1.47 bits per heavy atom. The first-order chi connectivity index (χ1) is 8.33. The molecular weight excluding hydrogens is 214 g/mol. The number of hydrogen-bond acceptors (Lipinski definition) is 4. The second-order valence-electron chi connectivity index (χ2n) is 4.58. The van der Waals surface area contributed by atoms with Gasteiger partial charge < -0.3 is 10.6 Å². The Hall–Kier alpha value is -1.62. The molecule has 5 nitrogen and oxygen atoms in total. The number of hydrogen-bond donors (Lipinski definition) is 2. The number of nitrogens with one attached hydrogen (secondary N) is 2. The zero-order valence-corrected chi connectivity index (χ0v) is 9.93. The molecular formula is C12H17N5. The molecule has 3 rings (SSSR count). The number of piperidine rings is 1. The first-order valence-corrected chi connectivity index (χ1v) is 6.13. The van der Waals surface area contributed by atoms with E-state index in [0.29, 0.717) is 12.1 Å². The maximum atomic E-state index is 4.53. The summed E-state index contributed by atoms with van der Waals surface area (Å²) in [6.07, 6.45) is 6.11. The molecule has 0 radical (unpaired) electrons. The van der Waals surface area contributed by atoms with Crippen molar-refractivity contribution in [3.05, 3.63) is 24.5 Å². The molecule has 2 N–H and O–H groups in total. The van der Waals surface area contributed by atoms with Crippen molar-refractivity contribution in [3.63, 3.8) is 0 Å². The molecule has 2 atom stereocenters. The highest BCUT2D eigenvalue weighted by atomic mass is 15.2. The molecule has 0 saturated carbocycles. The molecule has 1 aliphatic heterocycles. The highest BCUT2D eigenvalue weighted by molar-refractivity contribution is 5.46. The van der Waals surface area contributed by atoms with E-state index in [2.05, 4.69) is 27.6 Å². The van der Waals surface area contributed by atoms with Crippen molar-refractivity contribution in [3.8, 4) is 0 Å². The summed E-state index contributed by atoms with van der Waals surface area (Å²) in [6, 6.07) is 4.84. The Kier molecular flexibility index (Phi) is 2.68. The number of anilines is 1. The van der Waals surface area contributed by atoms with Crippen molar-refractivity contribution >= 4 is 11.5 Å². The van der Waals surface area contributed by atoms with E-state index in [1.807, 2.05) is 18.3 Å². The lowest BCUT2D eigenvalue weighted by molar-refractivity contribution is 0.389. The largest absolute Gasteiger partial charge is 0.366 e. The fourth-order valence-corrected chi connectivity index (χ4v) is 2.32. The third-order valence-corrected chi connectivity index (χ3v) is 3.35. The number of rotatable bonds is 2. The molecule has 2 aromatic rings. The van der Waals surface area contributed by atoms with Crippen molar-refractivity contribution < 1.29 is 0 Å². The molecule has 1 fully saturated rings. The molecule has 0 spiro atoms. The van der Waals surface area contributed by atoms with Crippen molar-refractivity contribution in [1.82, 2.24) is 19.9 Å². The Balaban J connectivity index is 1.79. The van der Waals surface area contributed by atoms with Crippen LogP contribution in [0.1, 0.15) is 19.8 Å². The van der Waals surface area contributed by atoms with Gasteiger partial charge in [-0.1, -0.05) is 0 Å². The molecule has 17 heavy (non-hydrogen) atoms. The fourth-order valence-electron chi connectivity index (χ4n) is 2.32. The molecule has 90 valence electrons. The molecule has 0 bridgehead atoms. The van der Waals surface area contributed by atoms with E-state index in [9.17, 15) is 0 Å². The second kappa shape index (κ2) is 4.33. The molecule has 2 aromatic heterocycles. The van der Waals surface area contributed by atoms with Crippen molar-refractivity contribution in [2.24, 2.45) is 0 Å². The van der Waals surface area contributed by atoms with Gasteiger partial charge in [-0.2, -0.15) is 5.10 Å². The second-order valence-corrected chi connectivity index (χ2v) is 4.58. The zero-order valence-electron chi connectivity index (χ0n) is 9.93. The van der Waals surface area contributed by atoms with Crippen LogP contribution in [0.4, 0.5) is 5.82 Å². The maximum Gasteiger partial charge on any atom is 0.157 e. The Labute approximate surface area is 100 Å². The van der Waals surface area contributed by atoms with Crippen LogP contribution in [-0.4, -0.2) is 33.2 Å². The standard InChI is InChI=1S/C12H17N5/c1-9-10(3-2-6-13-9)15-11-5-8-17-12(16-11)4-7-14-17/h4-5,7-10,13H,2-3,6H2,1H3,(H,15,16). The van der Waals surface area contributed by atoms with Gasteiger partial charge in [0.1, 0.15) is 5.82 Å². The minimum absolute atomic E-state index is 0.460. The summed E-state index contributed by atoms with van der Waals surface area (Å²) in [5.41, 5.74) is 0.881. The normalized spacial score (nSPS) is 25.0. The van der Waals surface area contributed by atoms with Crippen LogP contribution in [0.15, 0.2) is 24.5 Å². The van der Waals surface area contributed by atoms with E-state index >= 15 is 0 Å². The van der Waals surface area contributed by atoms with Gasteiger partial charge in [0.05, 0.1) is 6.20 Å². The third kappa shape index (κ3) is 2.10. The average molecular weight is 231 g/mol. The first-order valence-electron chi connectivity index (χ1n) is 6.13. The molecule has 1 aliphatic rings. The van der Waals surface area contributed by atoms with Crippen LogP contribution in [-0.2, 0) is 0 Å². The predicted molar refractivity (Wildman–Crippen MR) is 67.1 cm³/mol. The summed E-state index contributed by atoms with van der Waals surface area (Å²) in [5.74, 6) is 0.929. The van der Waals surface area contributed by atoms with Crippen molar-refractivity contribution in [2.75, 3.05) is 11.9 Å². The van der Waals surface area contributed by atoms with E-state index in [-0.39, 0.29) is 0 Å². The Morgan fingerprint density at radius 3 is 3.29 bits per heavy atom. The average Bonchev–Trinajstić information content (AvgIpc) is 2.79. The maximum absolute atomic E-state index is 4.53. The molecule has 3 heterocycles. The molecule has 0 aromatic carbocycles. The monoisotopic (exact) mass is 231 g/mol. The SMILES string of the molecule is CC1NCCCC1Nc1ccn2nccc2n1. The highest BCUT2D eigenvalue weighted by Crippen LogP contribution is 2.14. The third-order valence-electron chi connectivity index (χ3n) is 3.35. The van der Waals surface area contributed by atoms with Gasteiger partial charge in [0.25, 0.3) is 0 Å². The van der Waals surface area contributed by atoms with Gasteiger partial charge in [-0.25, -0.2) is 9.50 Å². The van der Waals surface area contributed by atoms with E-state index in [4.69, 9.17) is 0 Å². The van der Waals surface area contributed by atoms with Crippen LogP contribution in [0.25, 0.3) is 5.65 Å². The van der Waals surface area contributed by atoms with Gasteiger partial charge in [0.15, 0.2) is 5.65 Å². The van der Waals surface area contributed by atoms with E-state index < -0.39 is 0 Å². The fraction of sp³-hybridized carbons (Fsp3) is 0.500.